The molecular formula is C10H16ClN3O2S. The summed E-state index contributed by atoms with van der Waals surface area (Å²) in [6.07, 6.45) is 3.88. The number of anilines is 1. The van der Waals surface area contributed by atoms with Gasteiger partial charge in [0.15, 0.2) is 0 Å². The van der Waals surface area contributed by atoms with Crippen LogP contribution in [0.15, 0.2) is 17.2 Å². The van der Waals surface area contributed by atoms with Crippen molar-refractivity contribution in [2.24, 2.45) is 0 Å². The number of aromatic nitrogens is 1. The van der Waals surface area contributed by atoms with Crippen LogP contribution in [0.1, 0.15) is 24.3 Å². The topological polar surface area (TPSA) is 76.3 Å². The highest BCUT2D eigenvalue weighted by Gasteiger charge is 2.28. The molecule has 5 nitrogen and oxygen atoms in total. The van der Waals surface area contributed by atoms with E-state index in [0.717, 1.165) is 22.7 Å². The van der Waals surface area contributed by atoms with Crippen LogP contribution in [-0.4, -0.2) is 31.8 Å². The van der Waals surface area contributed by atoms with Crippen LogP contribution in [0.2, 0.25) is 0 Å². The molecule has 1 aliphatic carbocycles. The van der Waals surface area contributed by atoms with Crippen molar-refractivity contribution in [2.75, 3.05) is 19.8 Å². The number of pyridine rings is 1. The standard InChI is InChI=1S/C10H15N3O2S.ClH/c1-13(2)16(14,15)9-5-8(7-3-4-7)6-12-10(9)11;/h5-7H,3-4H2,1-2H3,(H2,11,12);1H. The lowest BCUT2D eigenvalue weighted by Gasteiger charge is -2.13. The fourth-order valence-corrected chi connectivity index (χ4v) is 2.51. The van der Waals surface area contributed by atoms with Crippen molar-refractivity contribution in [1.29, 1.82) is 0 Å². The maximum Gasteiger partial charge on any atom is 0.246 e. The maximum absolute atomic E-state index is 12.0. The largest absolute Gasteiger partial charge is 0.383 e. The second kappa shape index (κ2) is 4.80. The van der Waals surface area contributed by atoms with Crippen LogP contribution in [-0.2, 0) is 10.0 Å². The Morgan fingerprint density at radius 3 is 2.47 bits per heavy atom. The van der Waals surface area contributed by atoms with Crippen LogP contribution in [0.5, 0.6) is 0 Å². The second-order valence-corrected chi connectivity index (χ2v) is 6.33. The van der Waals surface area contributed by atoms with E-state index < -0.39 is 10.0 Å². The Balaban J connectivity index is 0.00000144. The molecule has 0 unspecified atom stereocenters. The van der Waals surface area contributed by atoms with E-state index in [4.69, 9.17) is 5.73 Å². The molecule has 1 aliphatic rings. The van der Waals surface area contributed by atoms with Crippen molar-refractivity contribution in [3.8, 4) is 0 Å². The first-order valence-corrected chi connectivity index (χ1v) is 6.55. The summed E-state index contributed by atoms with van der Waals surface area (Å²) >= 11 is 0. The number of hydrogen-bond acceptors (Lipinski definition) is 4. The van der Waals surface area contributed by atoms with Crippen LogP contribution in [0.4, 0.5) is 5.82 Å². The molecular weight excluding hydrogens is 262 g/mol. The van der Waals surface area contributed by atoms with Crippen LogP contribution < -0.4 is 5.73 Å². The molecule has 0 spiro atoms. The number of nitrogens with two attached hydrogens (primary N) is 1. The Morgan fingerprint density at radius 2 is 2.00 bits per heavy atom. The molecule has 96 valence electrons. The van der Waals surface area contributed by atoms with Crippen molar-refractivity contribution < 1.29 is 8.42 Å². The minimum atomic E-state index is -3.49. The second-order valence-electron chi connectivity index (χ2n) is 4.21. The van der Waals surface area contributed by atoms with Gasteiger partial charge in [-0.2, -0.15) is 0 Å². The van der Waals surface area contributed by atoms with Gasteiger partial charge in [-0.25, -0.2) is 17.7 Å². The van der Waals surface area contributed by atoms with Gasteiger partial charge in [0, 0.05) is 20.3 Å². The first kappa shape index (κ1) is 14.2. The molecule has 0 aromatic carbocycles. The van der Waals surface area contributed by atoms with Gasteiger partial charge >= 0.3 is 0 Å². The number of sulfonamides is 1. The Morgan fingerprint density at radius 1 is 1.41 bits per heavy atom. The van der Waals surface area contributed by atoms with Crippen molar-refractivity contribution in [3.63, 3.8) is 0 Å². The molecule has 1 saturated carbocycles. The molecule has 0 bridgehead atoms. The molecule has 0 saturated heterocycles. The summed E-state index contributed by atoms with van der Waals surface area (Å²) in [7, 11) is -0.521. The van der Waals surface area contributed by atoms with Gasteiger partial charge in [0.2, 0.25) is 10.0 Å². The van der Waals surface area contributed by atoms with Crippen molar-refractivity contribution in [3.05, 3.63) is 17.8 Å². The Kier molecular flexibility index (Phi) is 4.01. The molecule has 1 aromatic rings. The summed E-state index contributed by atoms with van der Waals surface area (Å²) in [4.78, 5) is 4.07. The molecule has 1 aromatic heterocycles. The molecule has 2 N–H and O–H groups in total. The third-order valence-corrected chi connectivity index (χ3v) is 4.55. The summed E-state index contributed by atoms with van der Waals surface area (Å²) in [6.45, 7) is 0. The molecule has 0 amide bonds. The summed E-state index contributed by atoms with van der Waals surface area (Å²) in [5.74, 6) is 0.530. The number of halogens is 1. The predicted octanol–water partition coefficient (Wildman–Crippen LogP) is 1.21. The van der Waals surface area contributed by atoms with Gasteiger partial charge in [-0.15, -0.1) is 12.4 Å². The Labute approximate surface area is 107 Å². The fraction of sp³-hybridized carbons (Fsp3) is 0.500. The van der Waals surface area contributed by atoms with E-state index in [1.54, 1.807) is 12.3 Å². The van der Waals surface area contributed by atoms with E-state index in [9.17, 15) is 8.42 Å². The van der Waals surface area contributed by atoms with Crippen LogP contribution in [0.3, 0.4) is 0 Å². The molecule has 17 heavy (non-hydrogen) atoms. The summed E-state index contributed by atoms with van der Waals surface area (Å²) < 4.78 is 25.1. The lowest BCUT2D eigenvalue weighted by molar-refractivity contribution is 0.520. The molecule has 0 atom stereocenters. The van der Waals surface area contributed by atoms with Gasteiger partial charge in [0.1, 0.15) is 10.7 Å². The molecule has 1 heterocycles. The minimum absolute atomic E-state index is 0. The number of hydrogen-bond donors (Lipinski definition) is 1. The zero-order valence-electron chi connectivity index (χ0n) is 9.75. The van der Waals surface area contributed by atoms with Crippen molar-refractivity contribution in [2.45, 2.75) is 23.7 Å². The van der Waals surface area contributed by atoms with Gasteiger partial charge in [-0.3, -0.25) is 0 Å². The smallest absolute Gasteiger partial charge is 0.246 e. The normalized spacial score (nSPS) is 15.7. The number of rotatable bonds is 3. The highest BCUT2D eigenvalue weighted by molar-refractivity contribution is 7.89. The third kappa shape index (κ3) is 2.70. The summed E-state index contributed by atoms with van der Waals surface area (Å²) in [5, 5.41) is 0. The average molecular weight is 278 g/mol. The molecule has 7 heteroatoms. The quantitative estimate of drug-likeness (QED) is 0.901. The lowest BCUT2D eigenvalue weighted by atomic mass is 10.2. The van der Waals surface area contributed by atoms with Gasteiger partial charge in [0.25, 0.3) is 0 Å². The van der Waals surface area contributed by atoms with Crippen LogP contribution in [0, 0.1) is 0 Å². The highest BCUT2D eigenvalue weighted by atomic mass is 35.5. The Hall–Kier alpha value is -0.850. The Bertz CT molecular complexity index is 512. The van der Waals surface area contributed by atoms with Gasteiger partial charge in [-0.1, -0.05) is 0 Å². The molecule has 1 fully saturated rings. The van der Waals surface area contributed by atoms with E-state index in [1.165, 1.54) is 14.1 Å². The van der Waals surface area contributed by atoms with Gasteiger partial charge in [0.05, 0.1) is 0 Å². The third-order valence-electron chi connectivity index (χ3n) is 2.71. The van der Waals surface area contributed by atoms with Crippen molar-refractivity contribution in [1.82, 2.24) is 9.29 Å². The van der Waals surface area contributed by atoms with E-state index in [0.29, 0.717) is 5.92 Å². The zero-order valence-corrected chi connectivity index (χ0v) is 11.4. The van der Waals surface area contributed by atoms with Crippen LogP contribution in [0.25, 0.3) is 0 Å². The first-order valence-electron chi connectivity index (χ1n) is 5.11. The fourth-order valence-electron chi connectivity index (χ4n) is 1.51. The van der Waals surface area contributed by atoms with Crippen LogP contribution >= 0.6 is 12.4 Å². The highest BCUT2D eigenvalue weighted by Crippen LogP contribution is 2.40. The molecule has 2 rings (SSSR count). The van der Waals surface area contributed by atoms with E-state index in [1.807, 2.05) is 0 Å². The lowest BCUT2D eigenvalue weighted by Crippen LogP contribution is -2.23. The first-order chi connectivity index (χ1) is 7.43. The molecule has 0 radical (unpaired) electrons. The summed E-state index contributed by atoms with van der Waals surface area (Å²) in [5.41, 5.74) is 6.58. The number of nitrogen functional groups attached to an aromatic ring is 1. The van der Waals surface area contributed by atoms with E-state index in [2.05, 4.69) is 4.98 Å². The van der Waals surface area contributed by atoms with Crippen molar-refractivity contribution >= 4 is 28.2 Å². The van der Waals surface area contributed by atoms with E-state index in [-0.39, 0.29) is 23.1 Å². The van der Waals surface area contributed by atoms with Gasteiger partial charge in [-0.05, 0) is 30.4 Å². The summed E-state index contributed by atoms with van der Waals surface area (Å²) in [6, 6.07) is 1.65. The monoisotopic (exact) mass is 277 g/mol. The maximum atomic E-state index is 12.0. The number of nitrogens with zero attached hydrogens (tertiary/aromatic N) is 2. The minimum Gasteiger partial charge on any atom is -0.383 e. The van der Waals surface area contributed by atoms with Gasteiger partial charge < -0.3 is 5.73 Å². The average Bonchev–Trinajstić information content (AvgIpc) is 3.01. The van der Waals surface area contributed by atoms with E-state index >= 15 is 0 Å². The zero-order chi connectivity index (χ0) is 11.9. The predicted molar refractivity (Wildman–Crippen MR) is 68.7 cm³/mol. The molecule has 0 aliphatic heterocycles. The SMILES string of the molecule is CN(C)S(=O)(=O)c1cc(C2CC2)cnc1N.Cl.